The van der Waals surface area contributed by atoms with Crippen LogP contribution in [0, 0.1) is 11.6 Å². The van der Waals surface area contributed by atoms with Crippen molar-refractivity contribution in [2.24, 2.45) is 0 Å². The maximum absolute atomic E-state index is 13.7. The predicted octanol–water partition coefficient (Wildman–Crippen LogP) is 14.5. The molecule has 0 aliphatic heterocycles. The van der Waals surface area contributed by atoms with Crippen LogP contribution in [-0.4, -0.2) is 4.57 Å². The molecule has 1 aromatic heterocycles. The molecule has 0 aliphatic rings. The third kappa shape index (κ3) is 7.16. The van der Waals surface area contributed by atoms with Gasteiger partial charge in [-0.2, -0.15) is 0 Å². The molecule has 0 fully saturated rings. The van der Waals surface area contributed by atoms with Crippen LogP contribution in [0.15, 0.2) is 194 Å². The van der Waals surface area contributed by atoms with Gasteiger partial charge in [0.2, 0.25) is 0 Å². The van der Waals surface area contributed by atoms with Crippen molar-refractivity contribution in [3.05, 3.63) is 228 Å². The van der Waals surface area contributed by atoms with E-state index in [-0.39, 0.29) is 11.6 Å². The summed E-state index contributed by atoms with van der Waals surface area (Å²) in [5.41, 5.74) is 12.8. The normalized spacial score (nSPS) is 11.6. The summed E-state index contributed by atoms with van der Waals surface area (Å²) in [4.78, 5) is 1.97. The molecule has 0 bridgehead atoms. The Bertz CT molecular complexity index is 2770. The van der Waals surface area contributed by atoms with E-state index < -0.39 is 0 Å². The van der Waals surface area contributed by atoms with Crippen LogP contribution in [0.25, 0.3) is 62.9 Å². The summed E-state index contributed by atoms with van der Waals surface area (Å²) in [6.45, 7) is 0. The van der Waals surface area contributed by atoms with E-state index in [0.29, 0.717) is 0 Å². The smallest absolute Gasteiger partial charge is 0.123 e. The summed E-state index contributed by atoms with van der Waals surface area (Å²) in [6, 6.07) is 63.8. The zero-order valence-corrected chi connectivity index (χ0v) is 30.4. The molecule has 0 spiro atoms. The Hall–Kier alpha value is -7.30. The maximum atomic E-state index is 13.7. The van der Waals surface area contributed by atoms with Gasteiger partial charge in [0, 0.05) is 33.5 Å². The predicted molar refractivity (Wildman–Crippen MR) is 232 cm³/mol. The molecule has 9 rings (SSSR count). The van der Waals surface area contributed by atoms with E-state index in [1.807, 2.05) is 29.2 Å². The van der Waals surface area contributed by atoms with E-state index in [4.69, 9.17) is 0 Å². The van der Waals surface area contributed by atoms with Crippen molar-refractivity contribution in [3.63, 3.8) is 0 Å². The number of hydrogen-bond acceptors (Lipinski definition) is 1. The second-order valence-electron chi connectivity index (χ2n) is 13.8. The van der Waals surface area contributed by atoms with Crippen molar-refractivity contribution < 1.29 is 8.78 Å². The van der Waals surface area contributed by atoms with Crippen molar-refractivity contribution in [1.82, 2.24) is 4.57 Å². The highest BCUT2D eigenvalue weighted by Gasteiger charge is 2.14. The van der Waals surface area contributed by atoms with Crippen LogP contribution in [0.3, 0.4) is 0 Å². The van der Waals surface area contributed by atoms with Crippen LogP contribution in [0.2, 0.25) is 0 Å². The van der Waals surface area contributed by atoms with Gasteiger partial charge in [-0.05, 0) is 124 Å². The van der Waals surface area contributed by atoms with Gasteiger partial charge in [-0.25, -0.2) is 8.78 Å². The van der Waals surface area contributed by atoms with Crippen LogP contribution in [0.4, 0.5) is 25.8 Å². The number of rotatable bonds is 9. The number of anilines is 3. The summed E-state index contributed by atoms with van der Waals surface area (Å²) in [6.07, 6.45) is 8.54. The third-order valence-electron chi connectivity index (χ3n) is 10.1. The molecule has 4 heteroatoms. The number of benzene rings is 8. The van der Waals surface area contributed by atoms with Gasteiger partial charge >= 0.3 is 0 Å². The fourth-order valence-electron chi connectivity index (χ4n) is 7.27. The molecular weight excluding hydrogens is 691 g/mol. The van der Waals surface area contributed by atoms with Gasteiger partial charge in [0.15, 0.2) is 0 Å². The molecule has 1 heterocycles. The summed E-state index contributed by atoms with van der Waals surface area (Å²) >= 11 is 0. The minimum Gasteiger partial charge on any atom is -0.310 e. The van der Waals surface area contributed by atoms with Crippen LogP contribution >= 0.6 is 0 Å². The standard InChI is InChI=1S/C52H36F2N2/c53-43-25-31-47(32-26-43)55(48-33-27-44(54)28-34-48)46-29-18-39(19-30-46)11-10-37-14-21-41(22-15-37)42-23-16-38(17-24-42)12-13-40-20-35-52-50(36-40)49-8-4-5-9-51(49)56(52)45-6-2-1-3-7-45/h1-36H/b11-10+,13-12+. The molecule has 0 saturated heterocycles. The Labute approximate surface area is 325 Å². The maximum Gasteiger partial charge on any atom is 0.123 e. The topological polar surface area (TPSA) is 8.17 Å². The molecule has 9 aromatic rings. The lowest BCUT2D eigenvalue weighted by Crippen LogP contribution is -2.09. The van der Waals surface area contributed by atoms with Gasteiger partial charge in [0.1, 0.15) is 11.6 Å². The molecule has 2 nitrogen and oxygen atoms in total. The van der Waals surface area contributed by atoms with Crippen molar-refractivity contribution in [2.75, 3.05) is 4.90 Å². The minimum absolute atomic E-state index is 0.308. The Morgan fingerprint density at radius 2 is 0.768 bits per heavy atom. The van der Waals surface area contributed by atoms with Crippen LogP contribution in [0.1, 0.15) is 22.3 Å². The van der Waals surface area contributed by atoms with Crippen molar-refractivity contribution in [3.8, 4) is 16.8 Å². The van der Waals surface area contributed by atoms with E-state index >= 15 is 0 Å². The highest BCUT2D eigenvalue weighted by molar-refractivity contribution is 6.10. The van der Waals surface area contributed by atoms with Gasteiger partial charge in [-0.15, -0.1) is 0 Å². The summed E-state index contributed by atoms with van der Waals surface area (Å²) in [7, 11) is 0. The average Bonchev–Trinajstić information content (AvgIpc) is 3.58. The Morgan fingerprint density at radius 3 is 1.30 bits per heavy atom. The molecule has 268 valence electrons. The molecule has 0 atom stereocenters. The second-order valence-corrected chi connectivity index (χ2v) is 13.8. The van der Waals surface area contributed by atoms with E-state index in [1.165, 1.54) is 46.1 Å². The fraction of sp³-hybridized carbons (Fsp3) is 0. The first-order valence-electron chi connectivity index (χ1n) is 18.6. The van der Waals surface area contributed by atoms with Gasteiger partial charge in [-0.3, -0.25) is 0 Å². The van der Waals surface area contributed by atoms with Crippen molar-refractivity contribution in [1.29, 1.82) is 0 Å². The molecule has 0 aliphatic carbocycles. The SMILES string of the molecule is Fc1ccc(N(c2ccc(F)cc2)c2ccc(/C=C/c3ccc(-c4ccc(/C=C/c5ccc6c(c5)c5ccccc5n6-c5ccccc5)cc4)cc3)cc2)cc1. The van der Waals surface area contributed by atoms with E-state index in [0.717, 1.165) is 56.1 Å². The second kappa shape index (κ2) is 15.2. The van der Waals surface area contributed by atoms with Crippen LogP contribution < -0.4 is 4.90 Å². The quantitative estimate of drug-likeness (QED) is 0.134. The number of nitrogens with zero attached hydrogens (tertiary/aromatic N) is 2. The third-order valence-corrected chi connectivity index (χ3v) is 10.1. The number of fused-ring (bicyclic) bond motifs is 3. The number of halogens is 2. The molecular formula is C52H36F2N2. The Balaban J connectivity index is 0.877. The summed E-state index contributed by atoms with van der Waals surface area (Å²) in [5.74, 6) is -0.615. The van der Waals surface area contributed by atoms with Gasteiger partial charge < -0.3 is 9.47 Å². The lowest BCUT2D eigenvalue weighted by Gasteiger charge is -2.25. The molecule has 0 amide bonds. The van der Waals surface area contributed by atoms with Gasteiger partial charge in [-0.1, -0.05) is 127 Å². The lowest BCUT2D eigenvalue weighted by molar-refractivity contribution is 0.628. The number of hydrogen-bond donors (Lipinski definition) is 0. The van der Waals surface area contributed by atoms with E-state index in [1.54, 1.807) is 24.3 Å². The molecule has 56 heavy (non-hydrogen) atoms. The zero-order valence-electron chi connectivity index (χ0n) is 30.4. The summed E-state index contributed by atoms with van der Waals surface area (Å²) < 4.78 is 29.7. The monoisotopic (exact) mass is 726 g/mol. The first-order valence-corrected chi connectivity index (χ1v) is 18.6. The minimum atomic E-state index is -0.308. The molecule has 0 radical (unpaired) electrons. The van der Waals surface area contributed by atoms with E-state index in [9.17, 15) is 8.78 Å². The average molecular weight is 727 g/mol. The molecule has 0 unspecified atom stereocenters. The highest BCUT2D eigenvalue weighted by atomic mass is 19.1. The Kier molecular flexibility index (Phi) is 9.36. The molecule has 8 aromatic carbocycles. The van der Waals surface area contributed by atoms with Crippen molar-refractivity contribution >= 4 is 63.2 Å². The van der Waals surface area contributed by atoms with Crippen LogP contribution in [-0.2, 0) is 0 Å². The van der Waals surface area contributed by atoms with Gasteiger partial charge in [0.25, 0.3) is 0 Å². The number of para-hydroxylation sites is 2. The first-order chi connectivity index (χ1) is 27.6. The van der Waals surface area contributed by atoms with Crippen LogP contribution in [0.5, 0.6) is 0 Å². The Morgan fingerprint density at radius 1 is 0.357 bits per heavy atom. The lowest BCUT2D eigenvalue weighted by atomic mass is 10.0. The molecule has 0 saturated carbocycles. The number of aromatic nitrogens is 1. The fourth-order valence-corrected chi connectivity index (χ4v) is 7.27. The molecule has 0 N–H and O–H groups in total. The largest absolute Gasteiger partial charge is 0.310 e. The van der Waals surface area contributed by atoms with Crippen molar-refractivity contribution in [2.45, 2.75) is 0 Å². The zero-order chi connectivity index (χ0) is 37.8. The van der Waals surface area contributed by atoms with Gasteiger partial charge in [0.05, 0.1) is 11.0 Å². The first kappa shape index (κ1) is 34.5. The summed E-state index contributed by atoms with van der Waals surface area (Å²) in [5, 5.41) is 2.49. The highest BCUT2D eigenvalue weighted by Crippen LogP contribution is 2.36. The van der Waals surface area contributed by atoms with E-state index in [2.05, 4.69) is 150 Å².